The van der Waals surface area contributed by atoms with Crippen LogP contribution < -0.4 is 36.6 Å². The molecule has 0 aliphatic heterocycles. The van der Waals surface area contributed by atoms with Crippen LogP contribution in [0.15, 0.2) is 99.1 Å². The molecule has 74 heavy (non-hydrogen) atoms. The second-order valence-electron chi connectivity index (χ2n) is 15.4. The standard InChI is InChI=1S/C40H37N5O24S5/c46-36-35-33(20-28(66-71(51,52)53)21-34(35)64-37(38(36)69-74(60,61)62)25-13-16-31(67-72(54,55)56)32(19-25)68-73(57,58)59)63-23-26-22-44(43-42-26)17-7-3-1-2-4-8-18-45-39(41-30-10-6-5-9-29(30)40(45)47)24-11-14-27(15-12-24)65-70(48,49)50/h5-6,9-16,19-22H,1-4,7-8,17-18,23H2,(H,48,49,50)(H,51,52,53)(H,54,55,56)(H,57,58,59)(H,60,61,62). The van der Waals surface area contributed by atoms with Crippen LogP contribution in [0.5, 0.6) is 34.5 Å². The van der Waals surface area contributed by atoms with Gasteiger partial charge in [0.05, 0.1) is 17.1 Å². The fourth-order valence-electron chi connectivity index (χ4n) is 7.20. The predicted octanol–water partition coefficient (Wildman–Crippen LogP) is 3.96. The molecular weight excluding hydrogens is 1090 g/mol. The molecule has 3 aromatic heterocycles. The van der Waals surface area contributed by atoms with Crippen molar-refractivity contribution in [2.24, 2.45) is 0 Å². The molecule has 5 N–H and O–H groups in total. The Labute approximate surface area is 418 Å². The van der Waals surface area contributed by atoms with Gasteiger partial charge in [0.25, 0.3) is 5.56 Å². The van der Waals surface area contributed by atoms with E-state index in [4.69, 9.17) is 23.2 Å². The lowest BCUT2D eigenvalue weighted by Gasteiger charge is -2.14. The van der Waals surface area contributed by atoms with E-state index in [1.54, 1.807) is 28.8 Å². The van der Waals surface area contributed by atoms with Gasteiger partial charge in [0.2, 0.25) is 11.2 Å². The molecule has 4 aromatic carbocycles. The number of aromatic nitrogens is 5. The third-order valence-corrected chi connectivity index (χ3v) is 12.0. The van der Waals surface area contributed by atoms with Gasteiger partial charge < -0.3 is 30.1 Å². The molecule has 0 saturated heterocycles. The maximum atomic E-state index is 14.0. The molecule has 7 rings (SSSR count). The molecule has 0 atom stereocenters. The zero-order valence-corrected chi connectivity index (χ0v) is 41.3. The van der Waals surface area contributed by atoms with Crippen LogP contribution in [0.3, 0.4) is 0 Å². The molecule has 0 unspecified atom stereocenters. The molecule has 34 heteroatoms. The zero-order valence-electron chi connectivity index (χ0n) is 37.2. The summed E-state index contributed by atoms with van der Waals surface area (Å²) >= 11 is 0. The van der Waals surface area contributed by atoms with Gasteiger partial charge in [-0.15, -0.1) is 5.10 Å². The lowest BCUT2D eigenvalue weighted by atomic mass is 10.1. The minimum atomic E-state index is -5.61. The minimum Gasteiger partial charge on any atom is -0.486 e. The monoisotopic (exact) mass is 1130 g/mol. The molecule has 396 valence electrons. The van der Waals surface area contributed by atoms with Crippen molar-refractivity contribution in [2.45, 2.75) is 58.2 Å². The van der Waals surface area contributed by atoms with Crippen LogP contribution in [0, 0.1) is 0 Å². The van der Waals surface area contributed by atoms with E-state index < -0.39 is 115 Å². The van der Waals surface area contributed by atoms with E-state index >= 15 is 0 Å². The van der Waals surface area contributed by atoms with Crippen molar-refractivity contribution in [1.82, 2.24) is 24.5 Å². The van der Waals surface area contributed by atoms with Crippen molar-refractivity contribution in [1.29, 1.82) is 0 Å². The Morgan fingerprint density at radius 3 is 1.80 bits per heavy atom. The summed E-state index contributed by atoms with van der Waals surface area (Å²) in [7, 11) is -26.5. The Bertz CT molecular complexity index is 3980. The molecule has 7 aromatic rings. The summed E-state index contributed by atoms with van der Waals surface area (Å²) in [6, 6.07) is 15.8. The van der Waals surface area contributed by atoms with E-state index in [2.05, 4.69) is 31.2 Å². The number of fused-ring (bicyclic) bond motifs is 2. The number of hydrogen-bond acceptors (Lipinski definition) is 22. The Hall–Kier alpha value is -7.28. The molecule has 29 nitrogen and oxygen atoms in total. The highest BCUT2D eigenvalue weighted by Gasteiger charge is 2.28. The number of ether oxygens (including phenoxy) is 1. The first-order valence-electron chi connectivity index (χ1n) is 20.8. The van der Waals surface area contributed by atoms with E-state index in [1.165, 1.54) is 35.1 Å². The summed E-state index contributed by atoms with van der Waals surface area (Å²) in [5.41, 5.74) is -1.99. The maximum Gasteiger partial charge on any atom is 0.446 e. The molecule has 0 radical (unpaired) electrons. The number of unbranched alkanes of at least 4 members (excludes halogenated alkanes) is 5. The number of nitrogens with zero attached hydrogens (tertiary/aromatic N) is 5. The maximum absolute atomic E-state index is 14.0. The van der Waals surface area contributed by atoms with Crippen LogP contribution in [0.1, 0.15) is 44.2 Å². The van der Waals surface area contributed by atoms with Crippen LogP contribution in [0.2, 0.25) is 0 Å². The molecule has 0 saturated carbocycles. The van der Waals surface area contributed by atoms with E-state index in [9.17, 15) is 65.3 Å². The van der Waals surface area contributed by atoms with E-state index in [0.29, 0.717) is 66.4 Å². The molecule has 0 amide bonds. The number of benzene rings is 4. The summed E-state index contributed by atoms with van der Waals surface area (Å²) in [6.07, 6.45) is 5.81. The molecule has 0 fully saturated rings. The molecule has 0 aliphatic rings. The van der Waals surface area contributed by atoms with Crippen molar-refractivity contribution in [2.75, 3.05) is 0 Å². The van der Waals surface area contributed by atoms with Crippen molar-refractivity contribution in [3.63, 3.8) is 0 Å². The molecular formula is C40H37N5O24S5. The number of rotatable bonds is 24. The third kappa shape index (κ3) is 14.9. The van der Waals surface area contributed by atoms with E-state index in [-0.39, 0.29) is 17.0 Å². The SMILES string of the molecule is O=c1c(OS(=O)(=O)O)c(-c2ccc(OS(=O)(=O)O)c(OS(=O)(=O)O)c2)oc2cc(OS(=O)(=O)O)cc(OCc3cn(CCCCCCCCn4c(-c5ccc(OS(=O)(=O)O)cc5)nc5ccccc5c4=O)nn3)c12. The van der Waals surface area contributed by atoms with Crippen molar-refractivity contribution in [3.05, 3.63) is 111 Å². The quantitative estimate of drug-likeness (QED) is 0.0422. The summed E-state index contributed by atoms with van der Waals surface area (Å²) < 4.78 is 198. The van der Waals surface area contributed by atoms with Crippen LogP contribution in [-0.2, 0) is 71.7 Å². The lowest BCUT2D eigenvalue weighted by Crippen LogP contribution is -2.23. The topological polar surface area (TPSA) is 423 Å². The van der Waals surface area contributed by atoms with Gasteiger partial charge in [0, 0.05) is 36.3 Å². The van der Waals surface area contributed by atoms with Crippen molar-refractivity contribution in [3.8, 4) is 57.2 Å². The van der Waals surface area contributed by atoms with Crippen LogP contribution in [0.25, 0.3) is 44.6 Å². The van der Waals surface area contributed by atoms with Gasteiger partial charge in [-0.2, -0.15) is 42.1 Å². The molecule has 0 bridgehead atoms. The number of para-hydroxylation sites is 1. The Morgan fingerprint density at radius 2 is 1.15 bits per heavy atom. The highest BCUT2D eigenvalue weighted by atomic mass is 32.3. The van der Waals surface area contributed by atoms with Crippen LogP contribution >= 0.6 is 0 Å². The Kier molecular flexibility index (Phi) is 16.0. The first-order valence-corrected chi connectivity index (χ1v) is 27.7. The lowest BCUT2D eigenvalue weighted by molar-refractivity contribution is 0.302. The fourth-order valence-corrected chi connectivity index (χ4v) is 8.98. The molecule has 0 spiro atoms. The summed E-state index contributed by atoms with van der Waals surface area (Å²) in [5.74, 6) is -5.89. The van der Waals surface area contributed by atoms with Gasteiger partial charge in [0.1, 0.15) is 40.6 Å². The largest absolute Gasteiger partial charge is 0.486 e. The second-order valence-corrected chi connectivity index (χ2v) is 20.5. The van der Waals surface area contributed by atoms with E-state index in [1.807, 2.05) is 0 Å². The highest BCUT2D eigenvalue weighted by Crippen LogP contribution is 2.41. The van der Waals surface area contributed by atoms with Gasteiger partial charge in [-0.05, 0) is 67.4 Å². The summed E-state index contributed by atoms with van der Waals surface area (Å²) in [6.45, 7) is 0.189. The van der Waals surface area contributed by atoms with Gasteiger partial charge >= 0.3 is 52.0 Å². The van der Waals surface area contributed by atoms with Crippen molar-refractivity contribution < 1.29 is 94.9 Å². The molecule has 0 aliphatic carbocycles. The van der Waals surface area contributed by atoms with Crippen LogP contribution in [0.4, 0.5) is 0 Å². The fraction of sp³-hybridized carbons (Fsp3) is 0.225. The minimum absolute atomic E-state index is 0.133. The Balaban J connectivity index is 1.03. The number of aryl methyl sites for hydroxylation is 1. The van der Waals surface area contributed by atoms with Gasteiger partial charge in [-0.1, -0.05) is 43.0 Å². The predicted molar refractivity (Wildman–Crippen MR) is 252 cm³/mol. The highest BCUT2D eigenvalue weighted by molar-refractivity contribution is 7.82. The number of hydrogen-bond donors (Lipinski definition) is 5. The normalized spacial score (nSPS) is 12.4. The summed E-state index contributed by atoms with van der Waals surface area (Å²) in [5, 5.41) is 7.76. The van der Waals surface area contributed by atoms with E-state index in [0.717, 1.165) is 37.8 Å². The average molecular weight is 1130 g/mol. The first-order chi connectivity index (χ1) is 34.6. The average Bonchev–Trinajstić information content (AvgIpc) is 3.74. The summed E-state index contributed by atoms with van der Waals surface area (Å²) in [4.78, 5) is 32.3. The zero-order chi connectivity index (χ0) is 53.8. The van der Waals surface area contributed by atoms with Crippen molar-refractivity contribution >= 4 is 73.9 Å². The molecule has 3 heterocycles. The third-order valence-electron chi connectivity index (χ3n) is 10.0. The van der Waals surface area contributed by atoms with Gasteiger partial charge in [-0.3, -0.25) is 41.6 Å². The Morgan fingerprint density at radius 1 is 0.568 bits per heavy atom. The van der Waals surface area contributed by atoms with Crippen LogP contribution in [-0.4, -0.2) is 89.4 Å². The van der Waals surface area contributed by atoms with Gasteiger partial charge in [0.15, 0.2) is 23.0 Å². The second kappa shape index (κ2) is 21.7. The smallest absolute Gasteiger partial charge is 0.446 e. The van der Waals surface area contributed by atoms with Gasteiger partial charge in [-0.25, -0.2) is 4.98 Å². The first kappa shape index (κ1) is 54.5.